The van der Waals surface area contributed by atoms with Gasteiger partial charge in [0.1, 0.15) is 11.9 Å². The molecule has 0 aliphatic carbocycles. The van der Waals surface area contributed by atoms with Crippen molar-refractivity contribution in [1.82, 2.24) is 15.2 Å². The zero-order valence-corrected chi connectivity index (χ0v) is 14.9. The molecule has 3 heterocycles. The van der Waals surface area contributed by atoms with Crippen LogP contribution in [0.2, 0.25) is 0 Å². The number of morpholine rings is 1. The molecule has 0 radical (unpaired) electrons. The highest BCUT2D eigenvalue weighted by Crippen LogP contribution is 2.22. The summed E-state index contributed by atoms with van der Waals surface area (Å²) in [5, 5.41) is 2.98. The maximum absolute atomic E-state index is 12.5. The first-order valence-electron chi connectivity index (χ1n) is 8.97. The number of benzene rings is 1. The summed E-state index contributed by atoms with van der Waals surface area (Å²) in [6.45, 7) is 2.04. The Hall–Kier alpha value is -3.12. The van der Waals surface area contributed by atoms with E-state index in [1.165, 1.54) is 0 Å². The summed E-state index contributed by atoms with van der Waals surface area (Å²) in [7, 11) is 0. The Morgan fingerprint density at radius 1 is 1.15 bits per heavy atom. The lowest BCUT2D eigenvalue weighted by Gasteiger charge is -2.32. The number of amides is 2. The van der Waals surface area contributed by atoms with Crippen LogP contribution in [0.25, 0.3) is 11.1 Å². The molecule has 6 heteroatoms. The van der Waals surface area contributed by atoms with Crippen LogP contribution in [0, 0.1) is 0 Å². The van der Waals surface area contributed by atoms with Crippen LogP contribution in [0.15, 0.2) is 71.6 Å². The van der Waals surface area contributed by atoms with Crippen LogP contribution in [-0.2, 0) is 11.3 Å². The van der Waals surface area contributed by atoms with Gasteiger partial charge in [-0.2, -0.15) is 0 Å². The molecule has 1 aromatic carbocycles. The number of carbonyl (C=O) groups is 1. The number of urea groups is 1. The SMILES string of the molecule is O=C(NCc1ccc(-c2cccnc2)cc1)N1CCOC(c2ccco2)C1. The number of carbonyl (C=O) groups excluding carboxylic acids is 1. The second-order valence-electron chi connectivity index (χ2n) is 6.42. The molecule has 27 heavy (non-hydrogen) atoms. The lowest BCUT2D eigenvalue weighted by atomic mass is 10.1. The van der Waals surface area contributed by atoms with Crippen LogP contribution < -0.4 is 5.32 Å². The van der Waals surface area contributed by atoms with E-state index in [-0.39, 0.29) is 12.1 Å². The van der Waals surface area contributed by atoms with Gasteiger partial charge in [-0.3, -0.25) is 4.98 Å². The number of nitrogens with zero attached hydrogens (tertiary/aromatic N) is 2. The Balaban J connectivity index is 1.32. The van der Waals surface area contributed by atoms with Crippen molar-refractivity contribution in [3.63, 3.8) is 0 Å². The lowest BCUT2D eigenvalue weighted by molar-refractivity contribution is -0.0260. The van der Waals surface area contributed by atoms with Crippen molar-refractivity contribution in [3.8, 4) is 11.1 Å². The molecule has 2 aromatic heterocycles. The lowest BCUT2D eigenvalue weighted by Crippen LogP contribution is -2.46. The second kappa shape index (κ2) is 8.05. The number of nitrogens with one attached hydrogen (secondary N) is 1. The molecule has 1 atom stereocenters. The largest absolute Gasteiger partial charge is 0.467 e. The minimum Gasteiger partial charge on any atom is -0.467 e. The molecule has 4 rings (SSSR count). The van der Waals surface area contributed by atoms with Gasteiger partial charge >= 0.3 is 6.03 Å². The molecule has 1 N–H and O–H groups in total. The highest BCUT2D eigenvalue weighted by atomic mass is 16.5. The number of hydrogen-bond donors (Lipinski definition) is 1. The fourth-order valence-corrected chi connectivity index (χ4v) is 3.12. The zero-order chi connectivity index (χ0) is 18.5. The Labute approximate surface area is 157 Å². The molecule has 0 saturated carbocycles. The van der Waals surface area contributed by atoms with Crippen molar-refractivity contribution >= 4 is 6.03 Å². The predicted molar refractivity (Wildman–Crippen MR) is 101 cm³/mol. The normalized spacial score (nSPS) is 16.9. The zero-order valence-electron chi connectivity index (χ0n) is 14.9. The molecule has 1 saturated heterocycles. The molecular formula is C21H21N3O3. The van der Waals surface area contributed by atoms with Gasteiger partial charge in [0.2, 0.25) is 0 Å². The summed E-state index contributed by atoms with van der Waals surface area (Å²) in [5.74, 6) is 0.749. The van der Waals surface area contributed by atoms with E-state index in [4.69, 9.17) is 9.15 Å². The molecule has 2 amide bonds. The number of rotatable bonds is 4. The molecule has 0 spiro atoms. The van der Waals surface area contributed by atoms with Gasteiger partial charge < -0.3 is 19.4 Å². The molecule has 3 aromatic rings. The van der Waals surface area contributed by atoms with E-state index >= 15 is 0 Å². The van der Waals surface area contributed by atoms with Gasteiger partial charge in [0.05, 0.1) is 19.4 Å². The Morgan fingerprint density at radius 3 is 2.78 bits per heavy atom. The quantitative estimate of drug-likeness (QED) is 0.769. The third-order valence-corrected chi connectivity index (χ3v) is 4.61. The average Bonchev–Trinajstić information content (AvgIpc) is 3.28. The monoisotopic (exact) mass is 363 g/mol. The average molecular weight is 363 g/mol. The number of pyridine rings is 1. The number of aromatic nitrogens is 1. The summed E-state index contributed by atoms with van der Waals surface area (Å²) in [6.07, 6.45) is 5.01. The van der Waals surface area contributed by atoms with Gasteiger partial charge in [-0.25, -0.2) is 4.79 Å². The Kier molecular flexibility index (Phi) is 5.16. The minimum absolute atomic E-state index is 0.0915. The fraction of sp³-hybridized carbons (Fsp3) is 0.238. The van der Waals surface area contributed by atoms with E-state index in [0.717, 1.165) is 22.5 Å². The molecule has 1 aliphatic heterocycles. The number of furan rings is 1. The molecule has 0 bridgehead atoms. The van der Waals surface area contributed by atoms with Gasteiger partial charge in [-0.15, -0.1) is 0 Å². The predicted octanol–water partition coefficient (Wildman–Crippen LogP) is 3.62. The summed E-state index contributed by atoms with van der Waals surface area (Å²) in [4.78, 5) is 18.4. The fourth-order valence-electron chi connectivity index (χ4n) is 3.12. The van der Waals surface area contributed by atoms with E-state index in [1.807, 2.05) is 54.7 Å². The summed E-state index contributed by atoms with van der Waals surface area (Å²) < 4.78 is 11.1. The molecule has 6 nitrogen and oxygen atoms in total. The van der Waals surface area contributed by atoms with Crippen molar-refractivity contribution in [2.45, 2.75) is 12.6 Å². The van der Waals surface area contributed by atoms with Gasteiger partial charge in [-0.1, -0.05) is 30.3 Å². The van der Waals surface area contributed by atoms with Crippen molar-refractivity contribution < 1.29 is 13.9 Å². The summed E-state index contributed by atoms with van der Waals surface area (Å²) >= 11 is 0. The molecule has 1 unspecified atom stereocenters. The van der Waals surface area contributed by atoms with Crippen molar-refractivity contribution in [1.29, 1.82) is 0 Å². The van der Waals surface area contributed by atoms with Crippen molar-refractivity contribution in [2.75, 3.05) is 19.7 Å². The molecule has 1 aliphatic rings. The molecule has 138 valence electrons. The van der Waals surface area contributed by atoms with Crippen LogP contribution in [0.1, 0.15) is 17.4 Å². The van der Waals surface area contributed by atoms with Crippen molar-refractivity contribution in [3.05, 3.63) is 78.5 Å². The standard InChI is InChI=1S/C21H21N3O3/c25-21(24-10-12-27-20(15-24)19-4-2-11-26-19)23-13-16-5-7-17(8-6-16)18-3-1-9-22-14-18/h1-9,11,14,20H,10,12-13,15H2,(H,23,25). The van der Waals surface area contributed by atoms with Gasteiger partial charge in [-0.05, 0) is 34.9 Å². The van der Waals surface area contributed by atoms with Crippen molar-refractivity contribution in [2.24, 2.45) is 0 Å². The second-order valence-corrected chi connectivity index (χ2v) is 6.42. The topological polar surface area (TPSA) is 67.6 Å². The highest BCUT2D eigenvalue weighted by molar-refractivity contribution is 5.74. The smallest absolute Gasteiger partial charge is 0.317 e. The summed E-state index contributed by atoms with van der Waals surface area (Å²) in [6, 6.07) is 15.7. The highest BCUT2D eigenvalue weighted by Gasteiger charge is 2.26. The Morgan fingerprint density at radius 2 is 2.04 bits per heavy atom. The van der Waals surface area contributed by atoms with Crippen LogP contribution in [0.4, 0.5) is 4.79 Å². The van der Waals surface area contributed by atoms with E-state index < -0.39 is 0 Å². The van der Waals surface area contributed by atoms with Gasteiger partial charge in [0, 0.05) is 25.5 Å². The summed E-state index contributed by atoms with van der Waals surface area (Å²) in [5.41, 5.74) is 3.23. The first-order valence-corrected chi connectivity index (χ1v) is 8.97. The Bertz CT molecular complexity index is 863. The van der Waals surface area contributed by atoms with Crippen LogP contribution in [0.3, 0.4) is 0 Å². The third kappa shape index (κ3) is 4.17. The third-order valence-electron chi connectivity index (χ3n) is 4.61. The molecular weight excluding hydrogens is 342 g/mol. The van der Waals surface area contributed by atoms with Crippen LogP contribution in [0.5, 0.6) is 0 Å². The van der Waals surface area contributed by atoms with Crippen LogP contribution in [-0.4, -0.2) is 35.6 Å². The van der Waals surface area contributed by atoms with E-state index in [9.17, 15) is 4.79 Å². The number of hydrogen-bond acceptors (Lipinski definition) is 4. The first-order chi connectivity index (χ1) is 13.3. The van der Waals surface area contributed by atoms with Crippen LogP contribution >= 0.6 is 0 Å². The number of ether oxygens (including phenoxy) is 1. The first kappa shape index (κ1) is 17.3. The maximum Gasteiger partial charge on any atom is 0.317 e. The van der Waals surface area contributed by atoms with E-state index in [2.05, 4.69) is 10.3 Å². The van der Waals surface area contributed by atoms with E-state index in [0.29, 0.717) is 26.2 Å². The van der Waals surface area contributed by atoms with Gasteiger partial charge in [0.15, 0.2) is 0 Å². The van der Waals surface area contributed by atoms with E-state index in [1.54, 1.807) is 17.4 Å². The van der Waals surface area contributed by atoms with Gasteiger partial charge in [0.25, 0.3) is 0 Å². The molecule has 1 fully saturated rings. The minimum atomic E-state index is -0.210. The maximum atomic E-state index is 12.5.